The smallest absolute Gasteiger partial charge is 0.103 e. The van der Waals surface area contributed by atoms with Crippen molar-refractivity contribution in [1.29, 1.82) is 0 Å². The lowest BCUT2D eigenvalue weighted by molar-refractivity contribution is 0.222. The normalized spacial score (nSPS) is 10.0. The van der Waals surface area contributed by atoms with Crippen molar-refractivity contribution in [3.05, 3.63) is 47.7 Å². The summed E-state index contributed by atoms with van der Waals surface area (Å²) >= 11 is 0. The minimum atomic E-state index is 0.686. The van der Waals surface area contributed by atoms with Crippen molar-refractivity contribution < 1.29 is 4.74 Å². The van der Waals surface area contributed by atoms with Crippen LogP contribution in [0.15, 0.2) is 36.6 Å². The van der Waals surface area contributed by atoms with Gasteiger partial charge in [0.05, 0.1) is 13.2 Å². The number of rotatable bonds is 6. The maximum absolute atomic E-state index is 5.24. The first-order valence-corrected chi connectivity index (χ1v) is 5.29. The van der Waals surface area contributed by atoms with Crippen LogP contribution >= 0.6 is 0 Å². The van der Waals surface area contributed by atoms with E-state index >= 15 is 0 Å². The molecule has 0 saturated heterocycles. The molecule has 2 heteroatoms. The van der Waals surface area contributed by atoms with Gasteiger partial charge in [-0.15, -0.1) is 0 Å². The van der Waals surface area contributed by atoms with E-state index in [1.165, 1.54) is 11.1 Å². The van der Waals surface area contributed by atoms with Crippen molar-refractivity contribution in [3.63, 3.8) is 0 Å². The zero-order valence-corrected chi connectivity index (χ0v) is 9.55. The average molecular weight is 205 g/mol. The predicted octanol–water partition coefficient (Wildman–Crippen LogP) is 2.63. The first-order chi connectivity index (χ1) is 7.22. The number of aryl methyl sites for hydroxylation is 1. The van der Waals surface area contributed by atoms with E-state index in [1.807, 2.05) is 6.92 Å². The van der Waals surface area contributed by atoms with Gasteiger partial charge in [-0.25, -0.2) is 0 Å². The summed E-state index contributed by atoms with van der Waals surface area (Å²) in [4.78, 5) is 0. The first-order valence-electron chi connectivity index (χ1n) is 5.29. The van der Waals surface area contributed by atoms with Crippen LogP contribution < -0.4 is 5.32 Å². The lowest BCUT2D eigenvalue weighted by Gasteiger charge is -2.08. The summed E-state index contributed by atoms with van der Waals surface area (Å²) in [5.74, 6) is 0.796. The van der Waals surface area contributed by atoms with Crippen LogP contribution in [0.4, 0.5) is 0 Å². The molecule has 0 spiro atoms. The number of benzene rings is 1. The highest BCUT2D eigenvalue weighted by molar-refractivity contribution is 5.21. The molecule has 0 aromatic heterocycles. The Balaban J connectivity index is 2.26. The summed E-state index contributed by atoms with van der Waals surface area (Å²) in [6, 6.07) is 8.50. The highest BCUT2D eigenvalue weighted by Crippen LogP contribution is 2.02. The Labute approximate surface area is 92.0 Å². The molecule has 2 nitrogen and oxygen atoms in total. The molecule has 1 N–H and O–H groups in total. The van der Waals surface area contributed by atoms with Gasteiger partial charge in [-0.05, 0) is 19.4 Å². The van der Waals surface area contributed by atoms with E-state index < -0.39 is 0 Å². The third-order valence-electron chi connectivity index (χ3n) is 2.12. The number of ether oxygens (including phenoxy) is 1. The van der Waals surface area contributed by atoms with Gasteiger partial charge in [-0.1, -0.05) is 36.4 Å². The van der Waals surface area contributed by atoms with Gasteiger partial charge in [-0.2, -0.15) is 0 Å². The van der Waals surface area contributed by atoms with Crippen molar-refractivity contribution in [3.8, 4) is 0 Å². The summed E-state index contributed by atoms with van der Waals surface area (Å²) < 4.78 is 5.24. The molecule has 0 heterocycles. The molecule has 0 fully saturated rings. The van der Waals surface area contributed by atoms with Gasteiger partial charge in [0.25, 0.3) is 0 Å². The van der Waals surface area contributed by atoms with Crippen LogP contribution in [-0.4, -0.2) is 13.2 Å². The SMILES string of the molecule is C=C(CNCc1ccc(C)cc1)OCC. The number of hydrogen-bond acceptors (Lipinski definition) is 2. The Hall–Kier alpha value is -1.28. The van der Waals surface area contributed by atoms with Gasteiger partial charge in [0, 0.05) is 6.54 Å². The van der Waals surface area contributed by atoms with E-state index in [1.54, 1.807) is 0 Å². The maximum Gasteiger partial charge on any atom is 0.103 e. The molecule has 1 aromatic carbocycles. The maximum atomic E-state index is 5.24. The van der Waals surface area contributed by atoms with Gasteiger partial charge in [0.2, 0.25) is 0 Å². The van der Waals surface area contributed by atoms with Crippen LogP contribution in [0, 0.1) is 6.92 Å². The molecule has 0 amide bonds. The predicted molar refractivity (Wildman–Crippen MR) is 63.7 cm³/mol. The van der Waals surface area contributed by atoms with Crippen molar-refractivity contribution in [1.82, 2.24) is 5.32 Å². The van der Waals surface area contributed by atoms with Crippen LogP contribution in [0.2, 0.25) is 0 Å². The summed E-state index contributed by atoms with van der Waals surface area (Å²) in [7, 11) is 0. The molecule has 0 aliphatic rings. The molecule has 0 aliphatic carbocycles. The largest absolute Gasteiger partial charge is 0.497 e. The second-order valence-corrected chi connectivity index (χ2v) is 3.56. The summed E-state index contributed by atoms with van der Waals surface area (Å²) in [6.07, 6.45) is 0. The van der Waals surface area contributed by atoms with Crippen molar-refractivity contribution in [2.75, 3.05) is 13.2 Å². The summed E-state index contributed by atoms with van der Waals surface area (Å²) in [5.41, 5.74) is 2.57. The molecule has 1 rings (SSSR count). The van der Waals surface area contributed by atoms with Crippen LogP contribution in [0.25, 0.3) is 0 Å². The van der Waals surface area contributed by atoms with Gasteiger partial charge < -0.3 is 10.1 Å². The molecule has 1 aromatic rings. The van der Waals surface area contributed by atoms with Crippen LogP contribution in [0.5, 0.6) is 0 Å². The molecule has 0 radical (unpaired) electrons. The Morgan fingerprint density at radius 1 is 1.33 bits per heavy atom. The first kappa shape index (κ1) is 11.8. The van der Waals surface area contributed by atoms with Crippen LogP contribution in [0.1, 0.15) is 18.1 Å². The number of hydrogen-bond donors (Lipinski definition) is 1. The molecule has 0 unspecified atom stereocenters. The Morgan fingerprint density at radius 3 is 2.60 bits per heavy atom. The zero-order chi connectivity index (χ0) is 11.1. The third kappa shape index (κ3) is 4.66. The van der Waals surface area contributed by atoms with E-state index in [4.69, 9.17) is 4.74 Å². The van der Waals surface area contributed by atoms with E-state index in [0.717, 1.165) is 12.3 Å². The van der Waals surface area contributed by atoms with Crippen LogP contribution in [0.3, 0.4) is 0 Å². The standard InChI is InChI=1S/C13H19NO/c1-4-15-12(3)9-14-10-13-7-5-11(2)6-8-13/h5-8,14H,3-4,9-10H2,1-2H3. The monoisotopic (exact) mass is 205 g/mol. The Kier molecular flexibility index (Phi) is 4.91. The van der Waals surface area contributed by atoms with Crippen molar-refractivity contribution >= 4 is 0 Å². The fourth-order valence-electron chi connectivity index (χ4n) is 1.31. The molecular weight excluding hydrogens is 186 g/mol. The highest BCUT2D eigenvalue weighted by atomic mass is 16.5. The van der Waals surface area contributed by atoms with Gasteiger partial charge in [0.15, 0.2) is 0 Å². The molecule has 15 heavy (non-hydrogen) atoms. The quantitative estimate of drug-likeness (QED) is 0.721. The number of nitrogens with one attached hydrogen (secondary N) is 1. The summed E-state index contributed by atoms with van der Waals surface area (Å²) in [6.45, 7) is 10.1. The Bertz CT molecular complexity index is 303. The molecule has 0 saturated carbocycles. The fraction of sp³-hybridized carbons (Fsp3) is 0.385. The van der Waals surface area contributed by atoms with Crippen LogP contribution in [-0.2, 0) is 11.3 Å². The Morgan fingerprint density at radius 2 is 2.00 bits per heavy atom. The minimum Gasteiger partial charge on any atom is -0.497 e. The lowest BCUT2D eigenvalue weighted by Crippen LogP contribution is -2.17. The van der Waals surface area contributed by atoms with Crippen molar-refractivity contribution in [2.24, 2.45) is 0 Å². The average Bonchev–Trinajstić information content (AvgIpc) is 2.21. The van der Waals surface area contributed by atoms with E-state index in [-0.39, 0.29) is 0 Å². The van der Waals surface area contributed by atoms with Gasteiger partial charge in [-0.3, -0.25) is 0 Å². The van der Waals surface area contributed by atoms with Gasteiger partial charge in [0.1, 0.15) is 5.76 Å². The third-order valence-corrected chi connectivity index (χ3v) is 2.12. The van der Waals surface area contributed by atoms with E-state index in [0.29, 0.717) is 13.2 Å². The molecule has 0 aliphatic heterocycles. The highest BCUT2D eigenvalue weighted by Gasteiger charge is 1.94. The minimum absolute atomic E-state index is 0.686. The topological polar surface area (TPSA) is 21.3 Å². The second kappa shape index (κ2) is 6.25. The molecule has 0 bridgehead atoms. The fourth-order valence-corrected chi connectivity index (χ4v) is 1.31. The van der Waals surface area contributed by atoms with E-state index in [9.17, 15) is 0 Å². The van der Waals surface area contributed by atoms with Gasteiger partial charge >= 0.3 is 0 Å². The molecular formula is C13H19NO. The van der Waals surface area contributed by atoms with E-state index in [2.05, 4.69) is 43.1 Å². The second-order valence-electron chi connectivity index (χ2n) is 3.56. The zero-order valence-electron chi connectivity index (χ0n) is 9.55. The lowest BCUT2D eigenvalue weighted by atomic mass is 10.1. The summed E-state index contributed by atoms with van der Waals surface area (Å²) in [5, 5.41) is 3.28. The molecule has 0 atom stereocenters. The molecule has 82 valence electrons. The van der Waals surface area contributed by atoms with Crippen molar-refractivity contribution in [2.45, 2.75) is 20.4 Å².